The average molecular weight is 375 g/mol. The molecule has 0 aromatic carbocycles. The van der Waals surface area contributed by atoms with Crippen LogP contribution in [0, 0.1) is 11.8 Å². The third kappa shape index (κ3) is 3.55. The second-order valence-electron chi connectivity index (χ2n) is 8.38. The lowest BCUT2D eigenvalue weighted by atomic mass is 9.92. The second-order valence-corrected chi connectivity index (χ2v) is 8.38. The summed E-state index contributed by atoms with van der Waals surface area (Å²) < 4.78 is 0. The van der Waals surface area contributed by atoms with E-state index >= 15 is 0 Å². The monoisotopic (exact) mass is 375 g/mol. The highest BCUT2D eigenvalue weighted by Gasteiger charge is 2.45. The van der Waals surface area contributed by atoms with Crippen molar-refractivity contribution in [2.45, 2.75) is 51.6 Å². The molecule has 3 heterocycles. The van der Waals surface area contributed by atoms with Crippen LogP contribution >= 0.6 is 0 Å². The van der Waals surface area contributed by atoms with Crippen molar-refractivity contribution in [3.8, 4) is 0 Å². The van der Waals surface area contributed by atoms with E-state index in [9.17, 15) is 14.7 Å². The molecule has 0 aromatic rings. The highest BCUT2D eigenvalue weighted by atomic mass is 16.3. The van der Waals surface area contributed by atoms with Crippen LogP contribution in [0.25, 0.3) is 0 Å². The van der Waals surface area contributed by atoms with Crippen molar-refractivity contribution in [2.75, 3.05) is 19.6 Å². The molecule has 4 aliphatic rings. The first-order valence-electron chi connectivity index (χ1n) is 10.0. The number of carbonyl (C=O) groups is 2. The van der Waals surface area contributed by atoms with Gasteiger partial charge >= 0.3 is 0 Å². The van der Waals surface area contributed by atoms with Gasteiger partial charge in [0.15, 0.2) is 5.57 Å². The van der Waals surface area contributed by atoms with E-state index in [4.69, 9.17) is 0 Å². The Morgan fingerprint density at radius 2 is 2.15 bits per heavy atom. The molecule has 0 radical (unpaired) electrons. The maximum Gasteiger partial charge on any atom is 0.270 e. The topological polar surface area (TPSA) is 96.9 Å². The van der Waals surface area contributed by atoms with Gasteiger partial charge in [0, 0.05) is 12.6 Å². The van der Waals surface area contributed by atoms with Crippen LogP contribution in [0.5, 0.6) is 0 Å². The summed E-state index contributed by atoms with van der Waals surface area (Å²) in [5.74, 6) is 0.0355. The lowest BCUT2D eigenvalue weighted by Gasteiger charge is -2.37. The molecule has 2 fully saturated rings. The Morgan fingerprint density at radius 3 is 2.78 bits per heavy atom. The van der Waals surface area contributed by atoms with Gasteiger partial charge in [-0.15, -0.1) is 0 Å². The van der Waals surface area contributed by atoms with Gasteiger partial charge in [-0.25, -0.2) is 10.4 Å². The van der Waals surface area contributed by atoms with E-state index in [1.807, 2.05) is 19.9 Å². The van der Waals surface area contributed by atoms with Crippen LogP contribution in [0.15, 0.2) is 23.4 Å². The molecule has 148 valence electrons. The summed E-state index contributed by atoms with van der Waals surface area (Å²) in [4.78, 5) is 27.3. The van der Waals surface area contributed by atoms with Crippen molar-refractivity contribution < 1.29 is 14.7 Å². The SMILES string of the molecule is CC(C)CN1C(=O)C(C(=O)NC2CC2)=C(O)N2NC(C3CCCNC3)C=C12. The summed E-state index contributed by atoms with van der Waals surface area (Å²) in [6, 6.07) is 0.136. The number of aliphatic hydroxyl groups excluding tert-OH is 1. The summed E-state index contributed by atoms with van der Waals surface area (Å²) in [5, 5.41) is 18.5. The first-order valence-corrected chi connectivity index (χ1v) is 10.0. The zero-order chi connectivity index (χ0) is 19.1. The van der Waals surface area contributed by atoms with Crippen molar-refractivity contribution in [2.24, 2.45) is 11.8 Å². The molecule has 2 unspecified atom stereocenters. The Bertz CT molecular complexity index is 691. The number of carbonyl (C=O) groups excluding carboxylic acids is 2. The Hall–Kier alpha value is -2.06. The van der Waals surface area contributed by atoms with Crippen LogP contribution in [-0.4, -0.2) is 58.5 Å². The van der Waals surface area contributed by atoms with Crippen LogP contribution in [0.1, 0.15) is 39.5 Å². The van der Waals surface area contributed by atoms with E-state index in [0.29, 0.717) is 18.3 Å². The van der Waals surface area contributed by atoms with Gasteiger partial charge < -0.3 is 15.7 Å². The van der Waals surface area contributed by atoms with Crippen LogP contribution in [0.2, 0.25) is 0 Å². The van der Waals surface area contributed by atoms with Crippen LogP contribution < -0.4 is 16.1 Å². The highest BCUT2D eigenvalue weighted by molar-refractivity contribution is 6.19. The third-order valence-corrected chi connectivity index (χ3v) is 5.54. The molecular weight excluding hydrogens is 346 g/mol. The number of nitrogens with zero attached hydrogens (tertiary/aromatic N) is 2. The molecule has 27 heavy (non-hydrogen) atoms. The Balaban J connectivity index is 1.64. The van der Waals surface area contributed by atoms with Gasteiger partial charge in [-0.05, 0) is 56.7 Å². The van der Waals surface area contributed by atoms with Crippen molar-refractivity contribution in [1.82, 2.24) is 26.0 Å². The second kappa shape index (κ2) is 7.16. The van der Waals surface area contributed by atoms with Crippen molar-refractivity contribution >= 4 is 11.8 Å². The Morgan fingerprint density at radius 1 is 1.37 bits per heavy atom. The molecule has 4 rings (SSSR count). The Kier molecular flexibility index (Phi) is 4.86. The number of hydrogen-bond donors (Lipinski definition) is 4. The first-order chi connectivity index (χ1) is 13.0. The highest BCUT2D eigenvalue weighted by Crippen LogP contribution is 2.33. The zero-order valence-electron chi connectivity index (χ0n) is 16.0. The number of fused-ring (bicyclic) bond motifs is 1. The van der Waals surface area contributed by atoms with E-state index in [1.165, 1.54) is 5.01 Å². The number of hydrogen-bond acceptors (Lipinski definition) is 6. The number of aliphatic hydroxyl groups is 1. The molecular formula is C19H29N5O3. The smallest absolute Gasteiger partial charge is 0.270 e. The largest absolute Gasteiger partial charge is 0.493 e. The van der Waals surface area contributed by atoms with Gasteiger partial charge in [-0.3, -0.25) is 14.5 Å². The van der Waals surface area contributed by atoms with Gasteiger partial charge in [0.1, 0.15) is 5.82 Å². The lowest BCUT2D eigenvalue weighted by Crippen LogP contribution is -2.52. The maximum atomic E-state index is 13.1. The van der Waals surface area contributed by atoms with E-state index in [1.54, 1.807) is 4.90 Å². The zero-order valence-corrected chi connectivity index (χ0v) is 16.0. The molecule has 1 aliphatic carbocycles. The van der Waals surface area contributed by atoms with E-state index < -0.39 is 11.8 Å². The predicted molar refractivity (Wildman–Crippen MR) is 99.8 cm³/mol. The quantitative estimate of drug-likeness (QED) is 0.525. The predicted octanol–water partition coefficient (Wildman–Crippen LogP) is 0.563. The molecule has 0 spiro atoms. The van der Waals surface area contributed by atoms with Gasteiger partial charge in [-0.2, -0.15) is 0 Å². The van der Waals surface area contributed by atoms with Crippen molar-refractivity contribution in [1.29, 1.82) is 0 Å². The van der Waals surface area contributed by atoms with Crippen LogP contribution in [0.3, 0.4) is 0 Å². The summed E-state index contributed by atoms with van der Waals surface area (Å²) >= 11 is 0. The molecule has 1 saturated carbocycles. The molecule has 8 heteroatoms. The van der Waals surface area contributed by atoms with E-state index in [-0.39, 0.29) is 29.5 Å². The lowest BCUT2D eigenvalue weighted by molar-refractivity contribution is -0.132. The normalized spacial score (nSPS) is 28.6. The van der Waals surface area contributed by atoms with Gasteiger partial charge in [0.2, 0.25) is 5.88 Å². The minimum Gasteiger partial charge on any atom is -0.493 e. The van der Waals surface area contributed by atoms with Gasteiger partial charge in [0.25, 0.3) is 11.8 Å². The fourth-order valence-corrected chi connectivity index (χ4v) is 3.97. The molecule has 0 bridgehead atoms. The Labute approximate surface area is 159 Å². The van der Waals surface area contributed by atoms with E-state index in [2.05, 4.69) is 16.1 Å². The molecule has 1 saturated heterocycles. The third-order valence-electron chi connectivity index (χ3n) is 5.54. The fraction of sp³-hybridized carbons (Fsp3) is 0.684. The first kappa shape index (κ1) is 18.3. The van der Waals surface area contributed by atoms with Crippen molar-refractivity contribution in [3.05, 3.63) is 23.4 Å². The average Bonchev–Trinajstić information content (AvgIpc) is 3.33. The number of rotatable bonds is 5. The molecule has 4 N–H and O–H groups in total. The molecule has 8 nitrogen and oxygen atoms in total. The number of hydrazine groups is 1. The maximum absolute atomic E-state index is 13.1. The van der Waals surface area contributed by atoms with Crippen molar-refractivity contribution in [3.63, 3.8) is 0 Å². The minimum atomic E-state index is -0.489. The molecule has 2 atom stereocenters. The van der Waals surface area contributed by atoms with Gasteiger partial charge in [-0.1, -0.05) is 13.8 Å². The minimum absolute atomic E-state index is 0.0169. The molecule has 2 amide bonds. The van der Waals surface area contributed by atoms with E-state index in [0.717, 1.165) is 38.8 Å². The number of amides is 2. The number of piperidine rings is 1. The fourth-order valence-electron chi connectivity index (χ4n) is 3.97. The molecule has 3 aliphatic heterocycles. The van der Waals surface area contributed by atoms with Gasteiger partial charge in [0.05, 0.1) is 6.04 Å². The summed E-state index contributed by atoms with van der Waals surface area (Å²) in [7, 11) is 0. The standard InChI is InChI=1S/C19H29N5O3/c1-11(2)10-23-15-8-14(12-4-3-7-20-9-12)22-24(15)19(27)16(18(23)26)17(25)21-13-5-6-13/h8,11-14,20,22,27H,3-7,9-10H2,1-2H3,(H,21,25). The molecule has 0 aromatic heterocycles. The van der Waals surface area contributed by atoms with Crippen LogP contribution in [-0.2, 0) is 9.59 Å². The summed E-state index contributed by atoms with van der Waals surface area (Å²) in [6.45, 7) is 6.48. The number of nitrogens with one attached hydrogen (secondary N) is 3. The summed E-state index contributed by atoms with van der Waals surface area (Å²) in [6.07, 6.45) is 6.06. The summed E-state index contributed by atoms with van der Waals surface area (Å²) in [5.41, 5.74) is 3.14. The van der Waals surface area contributed by atoms with Crippen LogP contribution in [0.4, 0.5) is 0 Å².